The Labute approximate surface area is 206 Å². The molecule has 0 heterocycles. The molecule has 4 nitrogen and oxygen atoms in total. The predicted octanol–water partition coefficient (Wildman–Crippen LogP) is 6.41. The molecule has 0 aliphatic heterocycles. The van der Waals surface area contributed by atoms with Crippen LogP contribution in [0.3, 0.4) is 0 Å². The van der Waals surface area contributed by atoms with Crippen molar-refractivity contribution in [3.05, 3.63) is 11.6 Å². The number of fused-ring (bicyclic) bond motifs is 7. The van der Waals surface area contributed by atoms with E-state index in [0.29, 0.717) is 12.3 Å². The van der Waals surface area contributed by atoms with E-state index in [1.165, 1.54) is 5.57 Å². The van der Waals surface area contributed by atoms with Crippen molar-refractivity contribution in [1.29, 1.82) is 0 Å². The third-order valence-corrected chi connectivity index (χ3v) is 13.1. The van der Waals surface area contributed by atoms with Crippen LogP contribution in [0.2, 0.25) is 0 Å². The maximum atomic E-state index is 14.2. The highest BCUT2D eigenvalue weighted by Gasteiger charge is 2.70. The molecule has 5 aliphatic rings. The van der Waals surface area contributed by atoms with Crippen LogP contribution in [0.15, 0.2) is 11.6 Å². The molecular formula is C30H46O4. The number of rotatable bonds is 1. The van der Waals surface area contributed by atoms with E-state index in [1.807, 2.05) is 13.0 Å². The first-order valence-electron chi connectivity index (χ1n) is 13.7. The average molecular weight is 471 g/mol. The fourth-order valence-electron chi connectivity index (χ4n) is 10.4. The number of aliphatic carboxylic acids is 1. The van der Waals surface area contributed by atoms with Crippen molar-refractivity contribution >= 4 is 11.8 Å². The Bertz CT molecular complexity index is 965. The fraction of sp³-hybridized carbons (Fsp3) is 0.867. The summed E-state index contributed by atoms with van der Waals surface area (Å²) in [6, 6.07) is 0. The molecule has 0 aromatic carbocycles. The van der Waals surface area contributed by atoms with E-state index < -0.39 is 11.4 Å². The van der Waals surface area contributed by atoms with Gasteiger partial charge in [-0.25, -0.2) is 0 Å². The molecule has 2 N–H and O–H groups in total. The molecule has 5 rings (SSSR count). The van der Waals surface area contributed by atoms with Gasteiger partial charge in [-0.05, 0) is 110 Å². The molecule has 0 radical (unpaired) electrons. The van der Waals surface area contributed by atoms with Crippen LogP contribution in [0.25, 0.3) is 0 Å². The van der Waals surface area contributed by atoms with Gasteiger partial charge in [0.25, 0.3) is 0 Å². The monoisotopic (exact) mass is 470 g/mol. The zero-order valence-electron chi connectivity index (χ0n) is 22.5. The minimum atomic E-state index is -0.711. The zero-order valence-corrected chi connectivity index (χ0v) is 22.5. The minimum Gasteiger partial charge on any atom is -0.481 e. The predicted molar refractivity (Wildman–Crippen MR) is 133 cm³/mol. The molecule has 0 spiro atoms. The second-order valence-corrected chi connectivity index (χ2v) is 14.9. The van der Waals surface area contributed by atoms with Crippen molar-refractivity contribution in [2.24, 2.45) is 50.2 Å². The van der Waals surface area contributed by atoms with Gasteiger partial charge in [-0.3, -0.25) is 9.59 Å². The third-order valence-electron chi connectivity index (χ3n) is 13.1. The van der Waals surface area contributed by atoms with E-state index in [2.05, 4.69) is 41.5 Å². The number of allylic oxidation sites excluding steroid dienone is 2. The van der Waals surface area contributed by atoms with E-state index in [9.17, 15) is 19.8 Å². The SMILES string of the molecule is CC1(C)[C@H]2CC[C@]3(C)[C@H](C(=O)C=C4[C@H]5C[C@@](C)(C(=O)O)CC[C@]5(C)CC[C@]43C)[C@@]2(C)CC[C@@H]1O. The Hall–Kier alpha value is -1.16. The second kappa shape index (κ2) is 6.99. The van der Waals surface area contributed by atoms with Gasteiger partial charge in [0.1, 0.15) is 0 Å². The van der Waals surface area contributed by atoms with Crippen LogP contribution < -0.4 is 0 Å². The Morgan fingerprint density at radius 3 is 2.21 bits per heavy atom. The maximum absolute atomic E-state index is 14.2. The van der Waals surface area contributed by atoms with Gasteiger partial charge >= 0.3 is 5.97 Å². The fourth-order valence-corrected chi connectivity index (χ4v) is 10.4. The Kier molecular flexibility index (Phi) is 5.04. The van der Waals surface area contributed by atoms with Crippen molar-refractivity contribution in [3.8, 4) is 0 Å². The topological polar surface area (TPSA) is 74.6 Å². The number of ketones is 1. The molecule has 0 amide bonds. The minimum absolute atomic E-state index is 0.0296. The van der Waals surface area contributed by atoms with Crippen molar-refractivity contribution in [2.75, 3.05) is 0 Å². The number of carbonyl (C=O) groups excluding carboxylic acids is 1. The van der Waals surface area contributed by atoms with Crippen LogP contribution >= 0.6 is 0 Å². The summed E-state index contributed by atoms with van der Waals surface area (Å²) in [6.07, 6.45) is 9.95. The zero-order chi connectivity index (χ0) is 25.1. The molecule has 0 bridgehead atoms. The van der Waals surface area contributed by atoms with Crippen molar-refractivity contribution in [3.63, 3.8) is 0 Å². The van der Waals surface area contributed by atoms with E-state index >= 15 is 0 Å². The average Bonchev–Trinajstić information content (AvgIpc) is 2.73. The number of carbonyl (C=O) groups is 2. The molecule has 4 fully saturated rings. The lowest BCUT2D eigenvalue weighted by molar-refractivity contribution is -0.202. The number of aliphatic hydroxyl groups excluding tert-OH is 1. The standard InChI is InChI=1S/C30H46O4/c1-25(2)21-8-11-30(7)23(28(21,5)10-9-22(25)32)20(31)16-18-19-17-27(4,24(33)34)13-12-26(19,3)14-15-29(18,30)6/h16,19,21-23,32H,8-15,17H2,1-7H3,(H,33,34)/t19-,21-,22+,23-,26-,27+,28+,29-,30-/m1/s1. The van der Waals surface area contributed by atoms with E-state index in [-0.39, 0.29) is 50.8 Å². The van der Waals surface area contributed by atoms with Crippen molar-refractivity contribution in [1.82, 2.24) is 0 Å². The summed E-state index contributed by atoms with van der Waals surface area (Å²) in [5, 5.41) is 20.9. The van der Waals surface area contributed by atoms with Crippen LogP contribution in [0, 0.1) is 50.2 Å². The Morgan fingerprint density at radius 1 is 0.912 bits per heavy atom. The molecule has 190 valence electrons. The highest BCUT2D eigenvalue weighted by Crippen LogP contribution is 2.75. The third kappa shape index (κ3) is 2.81. The molecule has 0 aromatic rings. The Morgan fingerprint density at radius 2 is 1.56 bits per heavy atom. The lowest BCUT2D eigenvalue weighted by Gasteiger charge is -2.70. The van der Waals surface area contributed by atoms with Gasteiger partial charge in [-0.2, -0.15) is 0 Å². The van der Waals surface area contributed by atoms with Crippen LogP contribution in [0.4, 0.5) is 0 Å². The van der Waals surface area contributed by atoms with E-state index in [4.69, 9.17) is 0 Å². The summed E-state index contributed by atoms with van der Waals surface area (Å²) in [7, 11) is 0. The van der Waals surface area contributed by atoms with Crippen molar-refractivity contribution < 1.29 is 19.8 Å². The summed E-state index contributed by atoms with van der Waals surface area (Å²) in [6.45, 7) is 15.8. The highest BCUT2D eigenvalue weighted by molar-refractivity contribution is 5.95. The van der Waals surface area contributed by atoms with Crippen LogP contribution in [0.1, 0.15) is 106 Å². The first kappa shape index (κ1) is 24.5. The summed E-state index contributed by atoms with van der Waals surface area (Å²) in [4.78, 5) is 26.4. The molecule has 4 heteroatoms. The number of hydrogen-bond donors (Lipinski definition) is 2. The van der Waals surface area contributed by atoms with E-state index in [0.717, 1.165) is 51.4 Å². The van der Waals surface area contributed by atoms with Gasteiger partial charge in [-0.15, -0.1) is 0 Å². The summed E-state index contributed by atoms with van der Waals surface area (Å²) < 4.78 is 0. The first-order valence-corrected chi connectivity index (χ1v) is 13.7. The lowest BCUT2D eigenvalue weighted by atomic mass is 9.33. The molecule has 0 unspecified atom stereocenters. The van der Waals surface area contributed by atoms with Gasteiger partial charge in [-0.1, -0.05) is 47.1 Å². The first-order chi connectivity index (χ1) is 15.6. The molecule has 9 atom stereocenters. The number of carboxylic acids is 1. The number of carboxylic acid groups (broad SMARTS) is 1. The Balaban J connectivity index is 1.62. The second-order valence-electron chi connectivity index (χ2n) is 14.9. The quantitative estimate of drug-likeness (QED) is 0.464. The molecule has 5 aliphatic carbocycles. The highest BCUT2D eigenvalue weighted by atomic mass is 16.4. The molecule has 0 saturated heterocycles. The smallest absolute Gasteiger partial charge is 0.309 e. The summed E-state index contributed by atoms with van der Waals surface area (Å²) >= 11 is 0. The van der Waals surface area contributed by atoms with Gasteiger partial charge in [0.2, 0.25) is 0 Å². The van der Waals surface area contributed by atoms with Crippen LogP contribution in [-0.4, -0.2) is 28.1 Å². The van der Waals surface area contributed by atoms with Crippen LogP contribution in [-0.2, 0) is 9.59 Å². The van der Waals surface area contributed by atoms with Gasteiger partial charge in [0.15, 0.2) is 5.78 Å². The van der Waals surface area contributed by atoms with Gasteiger partial charge in [0.05, 0.1) is 11.5 Å². The molecule has 0 aromatic heterocycles. The van der Waals surface area contributed by atoms with Gasteiger partial charge < -0.3 is 10.2 Å². The molecular weight excluding hydrogens is 424 g/mol. The summed E-state index contributed by atoms with van der Waals surface area (Å²) in [5.41, 5.74) is 0.142. The normalized spacial score (nSPS) is 54.1. The molecule has 34 heavy (non-hydrogen) atoms. The van der Waals surface area contributed by atoms with Crippen molar-refractivity contribution in [2.45, 2.75) is 112 Å². The summed E-state index contributed by atoms with van der Waals surface area (Å²) in [5.74, 6) is 0.0603. The number of aliphatic hydroxyl groups is 1. The van der Waals surface area contributed by atoms with Gasteiger partial charge in [0, 0.05) is 5.92 Å². The largest absolute Gasteiger partial charge is 0.481 e. The number of hydrogen-bond acceptors (Lipinski definition) is 3. The maximum Gasteiger partial charge on any atom is 0.309 e. The lowest BCUT2D eigenvalue weighted by Crippen LogP contribution is -2.66. The van der Waals surface area contributed by atoms with Crippen LogP contribution in [0.5, 0.6) is 0 Å². The van der Waals surface area contributed by atoms with E-state index in [1.54, 1.807) is 0 Å². The molecule has 4 saturated carbocycles.